The van der Waals surface area contributed by atoms with Crippen molar-refractivity contribution in [3.63, 3.8) is 0 Å². The first-order valence-corrected chi connectivity index (χ1v) is 25.8. The van der Waals surface area contributed by atoms with Gasteiger partial charge in [0.05, 0.1) is 53.6 Å². The van der Waals surface area contributed by atoms with Crippen molar-refractivity contribution in [1.82, 2.24) is 9.97 Å². The van der Waals surface area contributed by atoms with E-state index >= 15 is 0 Å². The predicted molar refractivity (Wildman–Crippen MR) is 236 cm³/mol. The Morgan fingerprint density at radius 2 is 1.27 bits per heavy atom. The molecule has 0 amide bonds. The van der Waals surface area contributed by atoms with Gasteiger partial charge >= 0.3 is 0 Å². The highest BCUT2D eigenvalue weighted by Crippen LogP contribution is 2.71. The van der Waals surface area contributed by atoms with Crippen LogP contribution in [-0.2, 0) is 49.4 Å². The molecule has 6 unspecified atom stereocenters. The van der Waals surface area contributed by atoms with E-state index < -0.39 is 34.8 Å². The molecule has 2 N–H and O–H groups in total. The number of aliphatic hydroxyl groups is 2. The summed E-state index contributed by atoms with van der Waals surface area (Å²) in [5, 5.41) is 25.3. The fourth-order valence-electron chi connectivity index (χ4n) is 18.8. The number of carbonyl (C=O) groups is 1. The maximum Gasteiger partial charge on any atom is 0.174 e. The van der Waals surface area contributed by atoms with Crippen LogP contribution in [0.2, 0.25) is 0 Å². The van der Waals surface area contributed by atoms with Gasteiger partial charge in [0, 0.05) is 42.4 Å². The van der Waals surface area contributed by atoms with Crippen molar-refractivity contribution in [3.05, 3.63) is 46.1 Å². The lowest BCUT2D eigenvalue weighted by molar-refractivity contribution is -0.266. The van der Waals surface area contributed by atoms with Gasteiger partial charge in [-0.25, -0.2) is 0 Å². The molecule has 4 aliphatic heterocycles. The average Bonchev–Trinajstić information content (AvgIpc) is 3.86. The minimum atomic E-state index is -1.30. The molecule has 21 atom stereocenters. The molecular formula is C54H74N2O7. The monoisotopic (exact) mass is 863 g/mol. The van der Waals surface area contributed by atoms with E-state index in [1.54, 1.807) is 0 Å². The summed E-state index contributed by atoms with van der Waals surface area (Å²) < 4.78 is 26.8. The van der Waals surface area contributed by atoms with Gasteiger partial charge in [-0.05, 0) is 136 Å². The van der Waals surface area contributed by atoms with Crippen LogP contribution in [0.5, 0.6) is 0 Å². The highest BCUT2D eigenvalue weighted by Gasteiger charge is 2.77. The normalized spacial score (nSPS) is 57.1. The van der Waals surface area contributed by atoms with Crippen molar-refractivity contribution < 1.29 is 34.0 Å². The molecule has 0 radical (unpaired) electrons. The van der Waals surface area contributed by atoms with Crippen LogP contribution in [0.3, 0.4) is 0 Å². The summed E-state index contributed by atoms with van der Waals surface area (Å²) in [7, 11) is 0. The maximum absolute atomic E-state index is 14.9. The predicted octanol–water partition coefficient (Wildman–Crippen LogP) is 8.30. The Morgan fingerprint density at radius 1 is 0.683 bits per heavy atom. The molecule has 13 rings (SSSR count). The van der Waals surface area contributed by atoms with Gasteiger partial charge in [0.25, 0.3) is 0 Å². The first-order valence-electron chi connectivity index (χ1n) is 25.8. The number of aliphatic hydroxyl groups excluding tert-OH is 1. The number of hydrogen-bond donors (Lipinski definition) is 2. The molecule has 4 saturated carbocycles. The van der Waals surface area contributed by atoms with Crippen LogP contribution in [0.1, 0.15) is 142 Å². The molecule has 4 saturated heterocycles. The minimum Gasteiger partial charge on any atom is -0.392 e. The lowest BCUT2D eigenvalue weighted by atomic mass is 9.44. The van der Waals surface area contributed by atoms with Gasteiger partial charge < -0.3 is 29.2 Å². The minimum absolute atomic E-state index is 0.0142. The van der Waals surface area contributed by atoms with Gasteiger partial charge in [-0.15, -0.1) is 0 Å². The van der Waals surface area contributed by atoms with Crippen molar-refractivity contribution in [2.24, 2.45) is 86.8 Å². The summed E-state index contributed by atoms with van der Waals surface area (Å²) in [4.78, 5) is 26.1. The molecule has 2 spiro atoms. The quantitative estimate of drug-likeness (QED) is 0.249. The number of nitrogens with zero attached hydrogens (tertiary/aromatic N) is 2. The molecule has 1 aromatic rings. The molecule has 342 valence electrons. The molecule has 8 aliphatic carbocycles. The molecule has 0 bridgehead atoms. The third-order valence-electron chi connectivity index (χ3n) is 22.9. The zero-order valence-electron chi connectivity index (χ0n) is 39.4. The number of carbonyl (C=O) groups excluding carboxylic acids is 1. The summed E-state index contributed by atoms with van der Waals surface area (Å²) in [5.41, 5.74) is 4.81. The third kappa shape index (κ3) is 4.90. The molecule has 9 heteroatoms. The fraction of sp³-hybridized carbons (Fsp3) is 0.833. The van der Waals surface area contributed by atoms with Gasteiger partial charge in [0.2, 0.25) is 0 Å². The van der Waals surface area contributed by atoms with Gasteiger partial charge in [0.1, 0.15) is 17.5 Å². The molecule has 63 heavy (non-hydrogen) atoms. The molecule has 12 aliphatic rings. The SMILES string of the molecule is C[C@H]1CC[C@@]2(OC1)O[C@H]1C=C3C4CCC5Cc6nc7c(nc6C[C@]5(C)C4CC(=O)[C@]3(C)[C@@]1(O)[C@@H]2C)CC1CCC2C3=C[C@@H]4O[C@@]5(CC[C@H](C)CO5)[C@@H](C)[C@@H]4[C@@]3(C)[C@H](O)CC2[C@@]1(C)C7. The number of fused-ring (bicyclic) bond motifs is 16. The lowest BCUT2D eigenvalue weighted by Gasteiger charge is -2.60. The summed E-state index contributed by atoms with van der Waals surface area (Å²) in [6, 6.07) is 0. The largest absolute Gasteiger partial charge is 0.392 e. The highest BCUT2D eigenvalue weighted by atomic mass is 16.7. The van der Waals surface area contributed by atoms with Gasteiger partial charge in [-0.3, -0.25) is 14.8 Å². The van der Waals surface area contributed by atoms with E-state index in [9.17, 15) is 15.0 Å². The number of hydrogen-bond acceptors (Lipinski definition) is 9. The van der Waals surface area contributed by atoms with E-state index in [4.69, 9.17) is 28.9 Å². The van der Waals surface area contributed by atoms with Crippen molar-refractivity contribution in [2.45, 2.75) is 181 Å². The Kier molecular flexibility index (Phi) is 8.47. The Labute approximate surface area is 375 Å². The van der Waals surface area contributed by atoms with Crippen molar-refractivity contribution in [1.29, 1.82) is 0 Å². The van der Waals surface area contributed by atoms with E-state index in [0.29, 0.717) is 48.5 Å². The zero-order chi connectivity index (χ0) is 43.6. The first kappa shape index (κ1) is 41.2. The van der Waals surface area contributed by atoms with Crippen LogP contribution in [0.15, 0.2) is 23.3 Å². The van der Waals surface area contributed by atoms with Gasteiger partial charge in [-0.2, -0.15) is 0 Å². The van der Waals surface area contributed by atoms with Crippen LogP contribution in [0, 0.1) is 86.8 Å². The molecule has 9 nitrogen and oxygen atoms in total. The van der Waals surface area contributed by atoms with Gasteiger partial charge in [0.15, 0.2) is 11.6 Å². The maximum atomic E-state index is 14.9. The molecule has 5 heterocycles. The third-order valence-corrected chi connectivity index (χ3v) is 22.9. The molecule has 8 fully saturated rings. The average molecular weight is 863 g/mol. The van der Waals surface area contributed by atoms with Crippen LogP contribution in [0.25, 0.3) is 0 Å². The number of aromatic nitrogens is 2. The van der Waals surface area contributed by atoms with Crippen LogP contribution >= 0.6 is 0 Å². The van der Waals surface area contributed by atoms with Crippen LogP contribution in [0.4, 0.5) is 0 Å². The second-order valence-electron chi connectivity index (χ2n) is 25.3. The Morgan fingerprint density at radius 3 is 1.87 bits per heavy atom. The summed E-state index contributed by atoms with van der Waals surface area (Å²) in [6.07, 6.45) is 17.1. The number of ether oxygens (including phenoxy) is 4. The molecular weight excluding hydrogens is 789 g/mol. The molecule has 1 aromatic heterocycles. The number of rotatable bonds is 0. The van der Waals surface area contributed by atoms with Crippen molar-refractivity contribution >= 4 is 5.78 Å². The van der Waals surface area contributed by atoms with E-state index in [1.165, 1.54) is 41.2 Å². The Balaban J connectivity index is 0.768. The van der Waals surface area contributed by atoms with E-state index in [-0.39, 0.29) is 57.7 Å². The van der Waals surface area contributed by atoms with Crippen LogP contribution in [-0.4, -0.2) is 74.7 Å². The fourth-order valence-corrected chi connectivity index (χ4v) is 18.8. The number of Topliss-reactive ketones (excluding diaryl/α,β-unsaturated/α-hetero) is 1. The Bertz CT molecular complexity index is 2220. The highest BCUT2D eigenvalue weighted by molar-refractivity contribution is 5.92. The Hall–Kier alpha value is -2.01. The van der Waals surface area contributed by atoms with Crippen molar-refractivity contribution in [3.8, 4) is 0 Å². The summed E-state index contributed by atoms with van der Waals surface area (Å²) in [6.45, 7) is 19.7. The summed E-state index contributed by atoms with van der Waals surface area (Å²) >= 11 is 0. The summed E-state index contributed by atoms with van der Waals surface area (Å²) in [5.74, 6) is 2.33. The van der Waals surface area contributed by atoms with E-state index in [2.05, 4.69) is 60.6 Å². The van der Waals surface area contributed by atoms with Gasteiger partial charge in [-0.1, -0.05) is 71.8 Å². The zero-order valence-corrected chi connectivity index (χ0v) is 39.4. The smallest absolute Gasteiger partial charge is 0.174 e. The van der Waals surface area contributed by atoms with E-state index in [0.717, 1.165) is 82.8 Å². The standard InChI is InChI=1S/C54H74N2O7/c1-27-13-15-52(60-25-27)29(3)47-43(62-52)19-37-33-11-9-31-17-39-41(23-48(31,5)35(33)20-44(57)50(37,47)7)55-40-18-32-10-12-34-36(49(32,6)24-42(40)56-39)21-45(58)51(8)38(34)22-46-54(51,59)30(4)53(63-46)16-14-28(2)26-61-53/h19,22,27-36,43-44,46-47,57,59H,9-18,20-21,23-26H2,1-8H3/t27-,28-,29-,30+,31?,32?,33?,34?,35?,36?,43-,44+,46-,47-,48-,49-,50+,51+,52-,53+,54+/m0/s1. The first-order chi connectivity index (χ1) is 29.9. The second kappa shape index (κ2) is 12.9. The van der Waals surface area contributed by atoms with Crippen molar-refractivity contribution in [2.75, 3.05) is 13.2 Å². The van der Waals surface area contributed by atoms with E-state index in [1.807, 2.05) is 6.92 Å². The number of ketones is 1. The second-order valence-corrected chi connectivity index (χ2v) is 25.3. The molecule has 0 aromatic carbocycles. The lowest BCUT2D eigenvalue weighted by Crippen LogP contribution is -2.63. The van der Waals surface area contributed by atoms with Crippen LogP contribution < -0.4 is 0 Å². The topological polar surface area (TPSA) is 120 Å².